The van der Waals surface area contributed by atoms with Crippen molar-refractivity contribution in [3.05, 3.63) is 0 Å². The minimum Gasteiger partial charge on any atom is -0.168 e. The molecule has 0 amide bonds. The molecule has 12 heavy (non-hydrogen) atoms. The molecule has 1 saturated heterocycles. The predicted molar refractivity (Wildman–Crippen MR) is 63.0 cm³/mol. The topological polar surface area (TPSA) is 0 Å². The Morgan fingerprint density at radius 1 is 0.917 bits per heavy atom. The van der Waals surface area contributed by atoms with E-state index >= 15 is 0 Å². The van der Waals surface area contributed by atoms with Gasteiger partial charge in [0.25, 0.3) is 0 Å². The van der Waals surface area contributed by atoms with Gasteiger partial charge in [0.05, 0.1) is 0 Å². The van der Waals surface area contributed by atoms with Gasteiger partial charge in [0.1, 0.15) is 0 Å². The van der Waals surface area contributed by atoms with Gasteiger partial charge in [-0.3, -0.25) is 0 Å². The maximum absolute atomic E-state index is 6.52. The highest BCUT2D eigenvalue weighted by atomic mass is 35.6. The van der Waals surface area contributed by atoms with Crippen LogP contribution >= 0.6 is 22.2 Å². The molecule has 0 nitrogen and oxygen atoms in total. The zero-order valence-corrected chi connectivity index (χ0v) is 11.5. The lowest BCUT2D eigenvalue weighted by Crippen LogP contribution is -2.56. The van der Waals surface area contributed by atoms with Crippen LogP contribution in [-0.2, 0) is 0 Å². The molecule has 0 atom stereocenters. The van der Waals surface area contributed by atoms with Gasteiger partial charge < -0.3 is 0 Å². The van der Waals surface area contributed by atoms with E-state index in [1.807, 2.05) is 0 Å². The standard InChI is InChI=1S/C8H18Cl2Si2/c1-3-5-11(9)7-12(10,8-11)6-4-2/h3-8H2,1-2H3. The molecule has 1 aliphatic rings. The first-order valence-electron chi connectivity index (χ1n) is 4.91. The maximum Gasteiger partial charge on any atom is 0.153 e. The summed E-state index contributed by atoms with van der Waals surface area (Å²) < 4.78 is 0. The number of hydrogen-bond acceptors (Lipinski definition) is 0. The molecule has 1 heterocycles. The molecular formula is C8H18Cl2Si2. The largest absolute Gasteiger partial charge is 0.168 e. The van der Waals surface area contributed by atoms with Crippen LogP contribution < -0.4 is 0 Å². The summed E-state index contributed by atoms with van der Waals surface area (Å²) in [6.45, 7) is 4.46. The molecule has 72 valence electrons. The highest BCUT2D eigenvalue weighted by Crippen LogP contribution is 2.50. The number of rotatable bonds is 4. The van der Waals surface area contributed by atoms with Crippen LogP contribution in [0.15, 0.2) is 0 Å². The van der Waals surface area contributed by atoms with Crippen LogP contribution in [-0.4, -0.2) is 14.8 Å². The molecule has 0 unspecified atom stereocenters. The number of halogens is 2. The van der Waals surface area contributed by atoms with Gasteiger partial charge >= 0.3 is 0 Å². The van der Waals surface area contributed by atoms with Crippen molar-refractivity contribution in [3.8, 4) is 0 Å². The van der Waals surface area contributed by atoms with Crippen molar-refractivity contribution >= 4 is 36.9 Å². The van der Waals surface area contributed by atoms with Crippen LogP contribution in [0.25, 0.3) is 0 Å². The smallest absolute Gasteiger partial charge is 0.153 e. The number of hydrogen-bond donors (Lipinski definition) is 0. The Balaban J connectivity index is 2.34. The van der Waals surface area contributed by atoms with Crippen molar-refractivity contribution < 1.29 is 0 Å². The molecule has 0 radical (unpaired) electrons. The van der Waals surface area contributed by atoms with E-state index < -0.39 is 14.8 Å². The summed E-state index contributed by atoms with van der Waals surface area (Å²) in [5.74, 6) is 0. The van der Waals surface area contributed by atoms with Crippen molar-refractivity contribution in [2.75, 3.05) is 0 Å². The highest BCUT2D eigenvalue weighted by Gasteiger charge is 2.55. The third-order valence-corrected chi connectivity index (χ3v) is 21.5. The Bertz CT molecular complexity index is 139. The Hall–Kier alpha value is 1.01. The quantitative estimate of drug-likeness (QED) is 0.509. The summed E-state index contributed by atoms with van der Waals surface area (Å²) in [5.41, 5.74) is 2.57. The Kier molecular flexibility index (Phi) is 3.73. The zero-order chi connectivity index (χ0) is 9.24. The Morgan fingerprint density at radius 2 is 1.25 bits per heavy atom. The Morgan fingerprint density at radius 3 is 1.50 bits per heavy atom. The summed E-state index contributed by atoms with van der Waals surface area (Å²) in [6, 6.07) is 2.58. The first-order valence-corrected chi connectivity index (χ1v) is 12.2. The average Bonchev–Trinajstić information content (AvgIpc) is 1.84. The first kappa shape index (κ1) is 11.1. The van der Waals surface area contributed by atoms with Gasteiger partial charge in [-0.05, 0) is 23.4 Å². The van der Waals surface area contributed by atoms with Crippen LogP contribution in [0, 0.1) is 0 Å². The summed E-state index contributed by atoms with van der Waals surface area (Å²) in [4.78, 5) is 0. The molecule has 0 N–H and O–H groups in total. The molecule has 1 rings (SSSR count). The predicted octanol–water partition coefficient (Wildman–Crippen LogP) is 4.27. The SMILES string of the molecule is CCC[Si]1(Cl)C[Si](Cl)(CCC)C1. The molecule has 0 aromatic carbocycles. The van der Waals surface area contributed by atoms with Crippen molar-refractivity contribution in [2.24, 2.45) is 0 Å². The lowest BCUT2D eigenvalue weighted by molar-refractivity contribution is 1.01. The van der Waals surface area contributed by atoms with Crippen LogP contribution in [0.1, 0.15) is 26.7 Å². The van der Waals surface area contributed by atoms with Crippen molar-refractivity contribution in [1.82, 2.24) is 0 Å². The molecule has 0 spiro atoms. The Labute approximate surface area is 87.1 Å². The highest BCUT2D eigenvalue weighted by molar-refractivity contribution is 7.45. The first-order chi connectivity index (χ1) is 5.54. The lowest BCUT2D eigenvalue weighted by Gasteiger charge is -2.46. The third-order valence-electron chi connectivity index (χ3n) is 2.66. The molecule has 0 aromatic heterocycles. The second-order valence-corrected chi connectivity index (χ2v) is 17.4. The summed E-state index contributed by atoms with van der Waals surface area (Å²) >= 11 is 13.0. The molecule has 0 saturated carbocycles. The van der Waals surface area contributed by atoms with Crippen LogP contribution in [0.4, 0.5) is 0 Å². The van der Waals surface area contributed by atoms with E-state index in [0.29, 0.717) is 0 Å². The van der Waals surface area contributed by atoms with E-state index in [1.165, 1.54) is 36.3 Å². The molecule has 0 aromatic rings. The lowest BCUT2D eigenvalue weighted by atomic mass is 10.6. The summed E-state index contributed by atoms with van der Waals surface area (Å²) in [5, 5.41) is 0. The summed E-state index contributed by atoms with van der Waals surface area (Å²) in [7, 11) is -2.53. The van der Waals surface area contributed by atoms with Crippen molar-refractivity contribution in [2.45, 2.75) is 50.1 Å². The fourth-order valence-corrected chi connectivity index (χ4v) is 27.2. The van der Waals surface area contributed by atoms with Gasteiger partial charge in [0.2, 0.25) is 0 Å². The minimum atomic E-state index is -1.27. The molecule has 0 bridgehead atoms. The van der Waals surface area contributed by atoms with Crippen LogP contribution in [0.2, 0.25) is 23.4 Å². The average molecular weight is 241 g/mol. The fourth-order valence-electron chi connectivity index (χ4n) is 2.33. The third kappa shape index (κ3) is 2.50. The van der Waals surface area contributed by atoms with E-state index in [-0.39, 0.29) is 0 Å². The van der Waals surface area contributed by atoms with Gasteiger partial charge in [0, 0.05) is 0 Å². The molecule has 1 aliphatic heterocycles. The van der Waals surface area contributed by atoms with Gasteiger partial charge in [-0.15, -0.1) is 0 Å². The van der Waals surface area contributed by atoms with Crippen LogP contribution in [0.5, 0.6) is 0 Å². The normalized spacial score (nSPS) is 41.0. The molecule has 4 heteroatoms. The summed E-state index contributed by atoms with van der Waals surface area (Å²) in [6.07, 6.45) is 2.51. The van der Waals surface area contributed by atoms with E-state index in [1.54, 1.807) is 0 Å². The van der Waals surface area contributed by atoms with E-state index in [9.17, 15) is 0 Å². The van der Waals surface area contributed by atoms with Gasteiger partial charge in [-0.1, -0.05) is 26.7 Å². The minimum absolute atomic E-state index is 1.25. The molecular weight excluding hydrogens is 223 g/mol. The van der Waals surface area contributed by atoms with Gasteiger partial charge in [-0.25, -0.2) is 0 Å². The zero-order valence-electron chi connectivity index (χ0n) is 8.00. The van der Waals surface area contributed by atoms with E-state index in [4.69, 9.17) is 22.2 Å². The van der Waals surface area contributed by atoms with Crippen LogP contribution in [0.3, 0.4) is 0 Å². The fraction of sp³-hybridized carbons (Fsp3) is 1.00. The maximum atomic E-state index is 6.52. The molecule has 0 aliphatic carbocycles. The van der Waals surface area contributed by atoms with Crippen molar-refractivity contribution in [1.29, 1.82) is 0 Å². The van der Waals surface area contributed by atoms with E-state index in [0.717, 1.165) is 0 Å². The second kappa shape index (κ2) is 4.03. The monoisotopic (exact) mass is 240 g/mol. The van der Waals surface area contributed by atoms with Gasteiger partial charge in [0.15, 0.2) is 14.8 Å². The van der Waals surface area contributed by atoms with Crippen molar-refractivity contribution in [3.63, 3.8) is 0 Å². The molecule has 1 fully saturated rings. The van der Waals surface area contributed by atoms with Gasteiger partial charge in [-0.2, -0.15) is 22.2 Å². The van der Waals surface area contributed by atoms with E-state index in [2.05, 4.69) is 13.8 Å². The second-order valence-electron chi connectivity index (χ2n) is 4.16.